The van der Waals surface area contributed by atoms with Crippen molar-refractivity contribution in [2.24, 2.45) is 0 Å². The van der Waals surface area contributed by atoms with Gasteiger partial charge in [-0.15, -0.1) is 0 Å². The Morgan fingerprint density at radius 3 is 2.80 bits per heavy atom. The predicted molar refractivity (Wildman–Crippen MR) is 70.0 cm³/mol. The number of benzene rings is 1. The number of hydrogen-bond acceptors (Lipinski definition) is 3. The van der Waals surface area contributed by atoms with Gasteiger partial charge in [0.1, 0.15) is 0 Å². The molecule has 0 saturated carbocycles. The van der Waals surface area contributed by atoms with Crippen molar-refractivity contribution in [1.82, 2.24) is 0 Å². The lowest BCUT2D eigenvalue weighted by Crippen LogP contribution is -2.06. The number of carbonyl (C=O) groups excluding carboxylic acids is 1. The van der Waals surface area contributed by atoms with E-state index in [1.54, 1.807) is 12.1 Å². The lowest BCUT2D eigenvalue weighted by Gasteiger charge is -2.09. The van der Waals surface area contributed by atoms with Crippen LogP contribution >= 0.6 is 34.2 Å². The molecule has 0 bridgehead atoms. The molecule has 0 amide bonds. The summed E-state index contributed by atoms with van der Waals surface area (Å²) in [5.41, 5.74) is 7.28. The summed E-state index contributed by atoms with van der Waals surface area (Å²) in [6.07, 6.45) is 1.57. The second kappa shape index (κ2) is 4.85. The molecule has 80 valence electrons. The number of anilines is 1. The second-order valence-electron chi connectivity index (χ2n) is 2.75. The molecule has 5 heteroatoms. The Morgan fingerprint density at radius 2 is 2.33 bits per heavy atom. The Balaban J connectivity index is 3.48. The van der Waals surface area contributed by atoms with Gasteiger partial charge >= 0.3 is 5.97 Å². The monoisotopic (exact) mass is 337 g/mol. The van der Waals surface area contributed by atoms with Crippen molar-refractivity contribution in [3.8, 4) is 0 Å². The molecule has 1 rings (SSSR count). The summed E-state index contributed by atoms with van der Waals surface area (Å²) in [4.78, 5) is 11.4. The van der Waals surface area contributed by atoms with E-state index < -0.39 is 5.97 Å². The highest BCUT2D eigenvalue weighted by molar-refractivity contribution is 14.1. The van der Waals surface area contributed by atoms with Gasteiger partial charge in [0.05, 0.1) is 27.0 Å². The van der Waals surface area contributed by atoms with E-state index in [9.17, 15) is 4.79 Å². The van der Waals surface area contributed by atoms with Crippen molar-refractivity contribution in [2.75, 3.05) is 12.8 Å². The van der Waals surface area contributed by atoms with E-state index in [1.165, 1.54) is 7.11 Å². The van der Waals surface area contributed by atoms with Crippen LogP contribution in [0.25, 0.3) is 6.08 Å². The van der Waals surface area contributed by atoms with Crippen LogP contribution in [0.1, 0.15) is 15.9 Å². The minimum atomic E-state index is -0.485. The Hall–Kier alpha value is -0.750. The first kappa shape index (κ1) is 12.3. The SMILES string of the molecule is C=Cc1cc(C(=O)OC)c(Cl)c(I)c1N. The molecule has 0 aromatic heterocycles. The molecule has 2 N–H and O–H groups in total. The first-order valence-electron chi connectivity index (χ1n) is 4.01. The topological polar surface area (TPSA) is 52.3 Å². The molecule has 0 unspecified atom stereocenters. The number of nitrogen functional groups attached to an aromatic ring is 1. The number of carbonyl (C=O) groups is 1. The Labute approximate surface area is 106 Å². The fourth-order valence-electron chi connectivity index (χ4n) is 1.09. The van der Waals surface area contributed by atoms with Crippen LogP contribution in [0.2, 0.25) is 5.02 Å². The summed E-state index contributed by atoms with van der Waals surface area (Å²) in [6.45, 7) is 3.61. The summed E-state index contributed by atoms with van der Waals surface area (Å²) < 4.78 is 5.24. The summed E-state index contributed by atoms with van der Waals surface area (Å²) in [5.74, 6) is -0.485. The molecule has 1 aromatic rings. The van der Waals surface area contributed by atoms with Gasteiger partial charge < -0.3 is 10.5 Å². The average molecular weight is 338 g/mol. The van der Waals surface area contributed by atoms with Crippen LogP contribution in [0.4, 0.5) is 5.69 Å². The molecular weight excluding hydrogens is 328 g/mol. The molecule has 0 aliphatic rings. The van der Waals surface area contributed by atoms with Gasteiger partial charge in [0, 0.05) is 0 Å². The van der Waals surface area contributed by atoms with Crippen LogP contribution < -0.4 is 5.73 Å². The fraction of sp³-hybridized carbons (Fsp3) is 0.100. The zero-order valence-corrected chi connectivity index (χ0v) is 10.9. The highest BCUT2D eigenvalue weighted by atomic mass is 127. The molecule has 0 heterocycles. The van der Waals surface area contributed by atoms with Gasteiger partial charge in [-0.2, -0.15) is 0 Å². The van der Waals surface area contributed by atoms with Gasteiger partial charge in [-0.3, -0.25) is 0 Å². The van der Waals surface area contributed by atoms with E-state index in [2.05, 4.69) is 11.3 Å². The largest absolute Gasteiger partial charge is 0.465 e. The summed E-state index contributed by atoms with van der Waals surface area (Å²) in [5, 5.41) is 0.311. The van der Waals surface area contributed by atoms with E-state index in [-0.39, 0.29) is 0 Å². The van der Waals surface area contributed by atoms with Gasteiger partial charge in [-0.25, -0.2) is 4.79 Å². The van der Waals surface area contributed by atoms with E-state index in [0.717, 1.165) is 0 Å². The number of esters is 1. The molecule has 0 radical (unpaired) electrons. The number of ether oxygens (including phenoxy) is 1. The third kappa shape index (κ3) is 2.26. The molecule has 0 atom stereocenters. The third-order valence-electron chi connectivity index (χ3n) is 1.90. The molecule has 0 spiro atoms. The lowest BCUT2D eigenvalue weighted by atomic mass is 10.1. The number of nitrogens with two attached hydrogens (primary N) is 1. The maximum atomic E-state index is 11.4. The number of rotatable bonds is 2. The molecule has 1 aromatic carbocycles. The smallest absolute Gasteiger partial charge is 0.339 e. The third-order valence-corrected chi connectivity index (χ3v) is 3.73. The van der Waals surface area contributed by atoms with Crippen LogP contribution in [-0.4, -0.2) is 13.1 Å². The van der Waals surface area contributed by atoms with Gasteiger partial charge in [-0.05, 0) is 34.2 Å². The summed E-state index contributed by atoms with van der Waals surface area (Å²) >= 11 is 7.96. The molecule has 0 fully saturated rings. The Kier molecular flexibility index (Phi) is 3.98. The minimum absolute atomic E-state index is 0.299. The van der Waals surface area contributed by atoms with Crippen LogP contribution in [0.3, 0.4) is 0 Å². The molecule has 0 aliphatic carbocycles. The van der Waals surface area contributed by atoms with Crippen LogP contribution in [0.15, 0.2) is 12.6 Å². The molecule has 3 nitrogen and oxygen atoms in total. The van der Waals surface area contributed by atoms with E-state index in [1.807, 2.05) is 22.6 Å². The van der Waals surface area contributed by atoms with Crippen LogP contribution in [0, 0.1) is 3.57 Å². The average Bonchev–Trinajstić information content (AvgIpc) is 2.25. The van der Waals surface area contributed by atoms with Gasteiger partial charge in [0.15, 0.2) is 0 Å². The maximum Gasteiger partial charge on any atom is 0.339 e. The highest BCUT2D eigenvalue weighted by Crippen LogP contribution is 2.32. The highest BCUT2D eigenvalue weighted by Gasteiger charge is 2.17. The summed E-state index contributed by atoms with van der Waals surface area (Å²) in [6, 6.07) is 1.57. The summed E-state index contributed by atoms with van der Waals surface area (Å²) in [7, 11) is 1.30. The van der Waals surface area contributed by atoms with Crippen molar-refractivity contribution in [2.45, 2.75) is 0 Å². The van der Waals surface area contributed by atoms with Crippen molar-refractivity contribution in [3.63, 3.8) is 0 Å². The molecule has 15 heavy (non-hydrogen) atoms. The second-order valence-corrected chi connectivity index (χ2v) is 4.21. The van der Waals surface area contributed by atoms with E-state index in [0.29, 0.717) is 25.4 Å². The molecule has 0 saturated heterocycles. The lowest BCUT2D eigenvalue weighted by molar-refractivity contribution is 0.0601. The van der Waals surface area contributed by atoms with E-state index in [4.69, 9.17) is 17.3 Å². The normalized spacial score (nSPS) is 9.80. The zero-order valence-electron chi connectivity index (χ0n) is 8.01. The number of hydrogen-bond donors (Lipinski definition) is 1. The maximum absolute atomic E-state index is 11.4. The van der Waals surface area contributed by atoms with Crippen molar-refractivity contribution in [3.05, 3.63) is 32.4 Å². The van der Waals surface area contributed by atoms with Crippen LogP contribution in [-0.2, 0) is 4.74 Å². The van der Waals surface area contributed by atoms with Gasteiger partial charge in [0.2, 0.25) is 0 Å². The van der Waals surface area contributed by atoms with Crippen LogP contribution in [0.5, 0.6) is 0 Å². The molecular formula is C10H9ClINO2. The van der Waals surface area contributed by atoms with Gasteiger partial charge in [-0.1, -0.05) is 24.3 Å². The standard InChI is InChI=1S/C10H9ClINO2/c1-3-5-4-6(10(14)15-2)7(11)8(12)9(5)13/h3-4H,1,13H2,2H3. The first-order chi connectivity index (χ1) is 7.02. The number of methoxy groups -OCH3 is 1. The van der Waals surface area contributed by atoms with Crippen molar-refractivity contribution < 1.29 is 9.53 Å². The quantitative estimate of drug-likeness (QED) is 0.513. The zero-order chi connectivity index (χ0) is 11.6. The first-order valence-corrected chi connectivity index (χ1v) is 5.46. The van der Waals surface area contributed by atoms with Crippen molar-refractivity contribution in [1.29, 1.82) is 0 Å². The predicted octanol–water partition coefficient (Wildman–Crippen LogP) is 2.96. The number of halogens is 2. The van der Waals surface area contributed by atoms with Gasteiger partial charge in [0.25, 0.3) is 0 Å². The van der Waals surface area contributed by atoms with Crippen molar-refractivity contribution >= 4 is 51.9 Å². The minimum Gasteiger partial charge on any atom is -0.465 e. The fourth-order valence-corrected chi connectivity index (χ4v) is 1.92. The molecule has 0 aliphatic heterocycles. The Morgan fingerprint density at radius 1 is 1.73 bits per heavy atom. The van der Waals surface area contributed by atoms with E-state index >= 15 is 0 Å². The Bertz CT molecular complexity index is 432.